The van der Waals surface area contributed by atoms with Crippen molar-refractivity contribution in [3.8, 4) is 5.75 Å². The molecule has 4 heteroatoms. The molecule has 0 saturated carbocycles. The van der Waals surface area contributed by atoms with E-state index in [1.165, 1.54) is 12.8 Å². The number of piperidine rings is 1. The second-order valence-corrected chi connectivity index (χ2v) is 6.67. The molecule has 1 N–H and O–H groups in total. The van der Waals surface area contributed by atoms with Crippen LogP contribution in [0.25, 0.3) is 0 Å². The van der Waals surface area contributed by atoms with Crippen LogP contribution in [0, 0.1) is 6.92 Å². The lowest BCUT2D eigenvalue weighted by molar-refractivity contribution is 0.00596. The average molecular weight is 340 g/mol. The van der Waals surface area contributed by atoms with E-state index >= 15 is 0 Å². The van der Waals surface area contributed by atoms with Crippen LogP contribution in [0.15, 0.2) is 22.7 Å². The Morgan fingerprint density at radius 2 is 1.95 bits per heavy atom. The van der Waals surface area contributed by atoms with Gasteiger partial charge < -0.3 is 14.8 Å². The summed E-state index contributed by atoms with van der Waals surface area (Å²) >= 11 is 3.52. The summed E-state index contributed by atoms with van der Waals surface area (Å²) in [5.74, 6) is 0.938. The van der Waals surface area contributed by atoms with Gasteiger partial charge in [0.2, 0.25) is 0 Å². The van der Waals surface area contributed by atoms with Crippen LogP contribution in [0.1, 0.15) is 31.2 Å². The van der Waals surface area contributed by atoms with Gasteiger partial charge in [-0.05, 0) is 44.7 Å². The molecular weight excluding hydrogens is 318 g/mol. The van der Waals surface area contributed by atoms with Gasteiger partial charge in [-0.2, -0.15) is 0 Å². The van der Waals surface area contributed by atoms with E-state index in [-0.39, 0.29) is 0 Å². The maximum absolute atomic E-state index is 5.98. The first-order valence-corrected chi connectivity index (χ1v) is 8.27. The minimum atomic E-state index is 0.418. The quantitative estimate of drug-likeness (QED) is 0.833. The van der Waals surface area contributed by atoms with E-state index in [4.69, 9.17) is 9.47 Å². The summed E-state index contributed by atoms with van der Waals surface area (Å²) in [6, 6.07) is 7.41. The Hall–Kier alpha value is -0.580. The van der Waals surface area contributed by atoms with Crippen LogP contribution in [0.4, 0.5) is 0 Å². The number of benzene rings is 1. The number of halogens is 1. The molecule has 2 aliphatic rings. The van der Waals surface area contributed by atoms with Gasteiger partial charge in [-0.1, -0.05) is 22.0 Å². The lowest BCUT2D eigenvalue weighted by Crippen LogP contribution is -2.41. The van der Waals surface area contributed by atoms with E-state index in [1.807, 2.05) is 18.2 Å². The lowest BCUT2D eigenvalue weighted by Gasteiger charge is -2.29. The highest BCUT2D eigenvalue weighted by molar-refractivity contribution is 9.10. The van der Waals surface area contributed by atoms with Gasteiger partial charge in [0.15, 0.2) is 0 Å². The summed E-state index contributed by atoms with van der Waals surface area (Å²) in [5, 5.41) is 3.63. The van der Waals surface area contributed by atoms with Crippen LogP contribution in [0.3, 0.4) is 0 Å². The van der Waals surface area contributed by atoms with Crippen LogP contribution in [0.2, 0.25) is 0 Å². The molecule has 3 atom stereocenters. The third-order valence-corrected chi connectivity index (χ3v) is 5.20. The van der Waals surface area contributed by atoms with Crippen molar-refractivity contribution in [1.29, 1.82) is 0 Å². The molecule has 2 heterocycles. The van der Waals surface area contributed by atoms with E-state index in [1.54, 1.807) is 0 Å². The van der Waals surface area contributed by atoms with Crippen molar-refractivity contribution in [1.82, 2.24) is 5.32 Å². The molecule has 3 nitrogen and oxygen atoms in total. The monoisotopic (exact) mass is 339 g/mol. The average Bonchev–Trinajstić information content (AvgIpc) is 2.78. The van der Waals surface area contributed by atoms with Crippen molar-refractivity contribution >= 4 is 15.9 Å². The molecule has 0 radical (unpaired) electrons. The minimum absolute atomic E-state index is 0.418. The number of nitrogens with one attached hydrogen (secondary N) is 1. The van der Waals surface area contributed by atoms with Crippen LogP contribution >= 0.6 is 15.9 Å². The number of fused-ring (bicyclic) bond motifs is 2. The third-order valence-electron chi connectivity index (χ3n) is 4.34. The zero-order valence-corrected chi connectivity index (χ0v) is 13.5. The van der Waals surface area contributed by atoms with Gasteiger partial charge in [-0.15, -0.1) is 0 Å². The highest BCUT2D eigenvalue weighted by Gasteiger charge is 2.33. The fourth-order valence-corrected chi connectivity index (χ4v) is 3.60. The van der Waals surface area contributed by atoms with E-state index < -0.39 is 0 Å². The molecule has 2 bridgehead atoms. The van der Waals surface area contributed by atoms with Crippen molar-refractivity contribution < 1.29 is 9.47 Å². The molecule has 0 amide bonds. The molecular formula is C16H22BrNO2. The second kappa shape index (κ2) is 6.46. The van der Waals surface area contributed by atoms with Crippen molar-refractivity contribution in [3.63, 3.8) is 0 Å². The molecule has 2 saturated heterocycles. The summed E-state index contributed by atoms with van der Waals surface area (Å²) in [6.45, 7) is 3.36. The molecule has 0 aromatic heterocycles. The molecule has 1 aromatic rings. The van der Waals surface area contributed by atoms with Gasteiger partial charge in [0.25, 0.3) is 0 Å². The van der Waals surface area contributed by atoms with Gasteiger partial charge in [0.1, 0.15) is 12.4 Å². The van der Waals surface area contributed by atoms with Gasteiger partial charge in [0.05, 0.1) is 12.7 Å². The Kier molecular flexibility index (Phi) is 4.64. The van der Waals surface area contributed by atoms with Crippen LogP contribution < -0.4 is 10.1 Å². The summed E-state index contributed by atoms with van der Waals surface area (Å²) in [4.78, 5) is 0. The van der Waals surface area contributed by atoms with Crippen LogP contribution in [0.5, 0.6) is 5.75 Å². The van der Waals surface area contributed by atoms with E-state index in [0.29, 0.717) is 31.4 Å². The van der Waals surface area contributed by atoms with Crippen molar-refractivity contribution in [2.24, 2.45) is 0 Å². The highest BCUT2D eigenvalue weighted by atomic mass is 79.9. The van der Waals surface area contributed by atoms with Gasteiger partial charge in [-0.25, -0.2) is 0 Å². The predicted molar refractivity (Wildman–Crippen MR) is 83.3 cm³/mol. The van der Waals surface area contributed by atoms with Crippen molar-refractivity contribution in [2.75, 3.05) is 13.2 Å². The first kappa shape index (κ1) is 14.4. The standard InChI is InChI=1S/C16H22BrNO2/c1-11-15(17)3-2-4-16(11)20-8-7-19-14-9-12-5-6-13(10-14)18-12/h2-4,12-14,18H,5-10H2,1H3/t12-,13+,14?. The largest absolute Gasteiger partial charge is 0.491 e. The zero-order chi connectivity index (χ0) is 13.9. The molecule has 3 rings (SSSR count). The summed E-state index contributed by atoms with van der Waals surface area (Å²) < 4.78 is 12.9. The Morgan fingerprint density at radius 1 is 1.20 bits per heavy atom. The Morgan fingerprint density at radius 3 is 2.70 bits per heavy atom. The van der Waals surface area contributed by atoms with Gasteiger partial charge in [0, 0.05) is 22.1 Å². The second-order valence-electron chi connectivity index (χ2n) is 5.81. The van der Waals surface area contributed by atoms with E-state index in [2.05, 4.69) is 28.2 Å². The molecule has 20 heavy (non-hydrogen) atoms. The molecule has 1 aromatic carbocycles. The lowest BCUT2D eigenvalue weighted by atomic mass is 10.0. The molecule has 2 aliphatic heterocycles. The Balaban J connectivity index is 1.41. The smallest absolute Gasteiger partial charge is 0.123 e. The SMILES string of the molecule is Cc1c(Br)cccc1OCCOC1C[C@H]2CC[C@@H](C1)N2. The summed E-state index contributed by atoms with van der Waals surface area (Å²) in [6.07, 6.45) is 5.37. The topological polar surface area (TPSA) is 30.5 Å². The van der Waals surface area contributed by atoms with Crippen LogP contribution in [-0.2, 0) is 4.74 Å². The minimum Gasteiger partial charge on any atom is -0.491 e. The van der Waals surface area contributed by atoms with Gasteiger partial charge in [-0.3, -0.25) is 0 Å². The van der Waals surface area contributed by atoms with E-state index in [9.17, 15) is 0 Å². The predicted octanol–water partition coefficient (Wildman–Crippen LogP) is 3.44. The summed E-state index contributed by atoms with van der Waals surface area (Å²) in [5.41, 5.74) is 1.15. The molecule has 0 spiro atoms. The van der Waals surface area contributed by atoms with Crippen molar-refractivity contribution in [2.45, 2.75) is 50.8 Å². The number of hydrogen-bond acceptors (Lipinski definition) is 3. The fraction of sp³-hybridized carbons (Fsp3) is 0.625. The van der Waals surface area contributed by atoms with Gasteiger partial charge >= 0.3 is 0 Å². The Bertz CT molecular complexity index is 454. The molecule has 2 fully saturated rings. The molecule has 110 valence electrons. The molecule has 0 aliphatic carbocycles. The maximum Gasteiger partial charge on any atom is 0.123 e. The first-order valence-electron chi connectivity index (χ1n) is 7.48. The van der Waals surface area contributed by atoms with Crippen molar-refractivity contribution in [3.05, 3.63) is 28.2 Å². The molecule has 1 unspecified atom stereocenters. The number of hydrogen-bond donors (Lipinski definition) is 1. The summed E-state index contributed by atoms with van der Waals surface area (Å²) in [7, 11) is 0. The number of rotatable bonds is 5. The first-order chi connectivity index (χ1) is 9.72. The number of ether oxygens (including phenoxy) is 2. The van der Waals surface area contributed by atoms with Crippen LogP contribution in [-0.4, -0.2) is 31.4 Å². The fourth-order valence-electron chi connectivity index (χ4n) is 3.25. The third kappa shape index (κ3) is 3.35. The Labute approximate surface area is 129 Å². The zero-order valence-electron chi connectivity index (χ0n) is 11.9. The highest BCUT2D eigenvalue weighted by Crippen LogP contribution is 2.28. The maximum atomic E-state index is 5.98. The van der Waals surface area contributed by atoms with E-state index in [0.717, 1.165) is 28.6 Å². The normalized spacial score (nSPS) is 28.6.